The van der Waals surface area contributed by atoms with Gasteiger partial charge in [0.2, 0.25) is 0 Å². The van der Waals surface area contributed by atoms with E-state index in [9.17, 15) is 14.3 Å². The van der Waals surface area contributed by atoms with Gasteiger partial charge in [0, 0.05) is 32.7 Å². The van der Waals surface area contributed by atoms with Crippen LogP contribution in [0.15, 0.2) is 12.1 Å². The minimum absolute atomic E-state index is 0.379. The lowest BCUT2D eigenvalue weighted by molar-refractivity contribution is 0.0692. The highest BCUT2D eigenvalue weighted by atomic mass is 19.1. The van der Waals surface area contributed by atoms with Crippen LogP contribution in [0.5, 0.6) is 5.75 Å². The van der Waals surface area contributed by atoms with Crippen molar-refractivity contribution < 1.29 is 19.4 Å². The quantitative estimate of drug-likeness (QED) is 0.749. The number of carboxylic acids is 1. The molecule has 0 aliphatic carbocycles. The van der Waals surface area contributed by atoms with Crippen LogP contribution in [0.2, 0.25) is 0 Å². The number of aromatic carboxylic acids is 1. The number of hydrogen-bond donors (Lipinski definition) is 3. The fourth-order valence-electron chi connectivity index (χ4n) is 2.18. The maximum Gasteiger partial charge on any atom is 0.339 e. The number of carboxylic acid groups (broad SMARTS) is 1. The van der Waals surface area contributed by atoms with Gasteiger partial charge in [-0.25, -0.2) is 9.18 Å². The molecule has 0 unspecified atom stereocenters. The first kappa shape index (κ1) is 13.8. The van der Waals surface area contributed by atoms with E-state index in [2.05, 4.69) is 10.2 Å². The Balaban J connectivity index is 2.05. The Hall–Kier alpha value is -1.66. The Morgan fingerprint density at radius 3 is 2.68 bits per heavy atom. The molecule has 1 aromatic carbocycles. The molecule has 2 rings (SSSR count). The summed E-state index contributed by atoms with van der Waals surface area (Å²) in [6.45, 7) is 4.50. The molecule has 19 heavy (non-hydrogen) atoms. The summed E-state index contributed by atoms with van der Waals surface area (Å²) in [6, 6.07) is 2.53. The predicted octanol–water partition coefficient (Wildman–Crippen LogP) is 0.677. The fraction of sp³-hybridized carbons (Fsp3) is 0.462. The lowest BCUT2D eigenvalue weighted by Gasteiger charge is -2.27. The van der Waals surface area contributed by atoms with E-state index in [1.54, 1.807) is 0 Å². The number of hydrogen-bond acceptors (Lipinski definition) is 4. The smallest absolute Gasteiger partial charge is 0.339 e. The molecule has 5 nitrogen and oxygen atoms in total. The first-order valence-corrected chi connectivity index (χ1v) is 6.25. The lowest BCUT2D eigenvalue weighted by Crippen LogP contribution is -2.44. The summed E-state index contributed by atoms with van der Waals surface area (Å²) in [5, 5.41) is 21.5. The van der Waals surface area contributed by atoms with Gasteiger partial charge in [0.1, 0.15) is 5.56 Å². The van der Waals surface area contributed by atoms with Gasteiger partial charge in [0.15, 0.2) is 11.6 Å². The minimum atomic E-state index is -1.32. The van der Waals surface area contributed by atoms with E-state index in [-0.39, 0.29) is 5.56 Å². The molecule has 1 saturated heterocycles. The molecule has 1 aliphatic rings. The zero-order valence-corrected chi connectivity index (χ0v) is 10.5. The summed E-state index contributed by atoms with van der Waals surface area (Å²) in [4.78, 5) is 13.1. The topological polar surface area (TPSA) is 72.8 Å². The first-order chi connectivity index (χ1) is 9.08. The van der Waals surface area contributed by atoms with Crippen molar-refractivity contribution in [1.29, 1.82) is 0 Å². The molecule has 0 amide bonds. The summed E-state index contributed by atoms with van der Waals surface area (Å²) >= 11 is 0. The second-order valence-electron chi connectivity index (χ2n) is 4.62. The van der Waals surface area contributed by atoms with Gasteiger partial charge in [-0.3, -0.25) is 0 Å². The molecule has 3 N–H and O–H groups in total. The van der Waals surface area contributed by atoms with E-state index in [0.717, 1.165) is 32.7 Å². The maximum atomic E-state index is 13.4. The lowest BCUT2D eigenvalue weighted by atomic mass is 10.1. The molecule has 0 aromatic heterocycles. The van der Waals surface area contributed by atoms with Gasteiger partial charge in [-0.2, -0.15) is 0 Å². The number of piperazine rings is 1. The van der Waals surface area contributed by atoms with Gasteiger partial charge < -0.3 is 20.4 Å². The molecule has 0 radical (unpaired) electrons. The molecule has 6 heteroatoms. The molecule has 104 valence electrons. The molecule has 0 saturated carbocycles. The number of phenols is 1. The average Bonchev–Trinajstić information content (AvgIpc) is 2.41. The molecule has 0 spiro atoms. The third-order valence-electron chi connectivity index (χ3n) is 3.28. The van der Waals surface area contributed by atoms with Crippen LogP contribution in [0.4, 0.5) is 4.39 Å². The SMILES string of the molecule is O=C(O)c1cc(CCN2CCNCC2)cc(F)c1O. The third-order valence-corrected chi connectivity index (χ3v) is 3.28. The Bertz CT molecular complexity index is 473. The molecular formula is C13H17FN2O3. The number of nitrogens with one attached hydrogen (secondary N) is 1. The van der Waals surface area contributed by atoms with E-state index in [0.29, 0.717) is 12.0 Å². The van der Waals surface area contributed by atoms with Crippen molar-refractivity contribution in [3.63, 3.8) is 0 Å². The Morgan fingerprint density at radius 2 is 2.05 bits per heavy atom. The van der Waals surface area contributed by atoms with Crippen LogP contribution in [-0.2, 0) is 6.42 Å². The number of nitrogens with zero attached hydrogens (tertiary/aromatic N) is 1. The van der Waals surface area contributed by atoms with Crippen LogP contribution in [0.1, 0.15) is 15.9 Å². The number of aromatic hydroxyl groups is 1. The van der Waals surface area contributed by atoms with E-state index in [1.807, 2.05) is 0 Å². The van der Waals surface area contributed by atoms with Crippen molar-refractivity contribution in [3.8, 4) is 5.75 Å². The van der Waals surface area contributed by atoms with Crippen molar-refractivity contribution in [2.45, 2.75) is 6.42 Å². The number of halogens is 1. The van der Waals surface area contributed by atoms with Crippen LogP contribution < -0.4 is 5.32 Å². The molecule has 1 fully saturated rings. The first-order valence-electron chi connectivity index (χ1n) is 6.25. The summed E-state index contributed by atoms with van der Waals surface area (Å²) in [5.41, 5.74) is 0.210. The van der Waals surface area contributed by atoms with Gasteiger partial charge in [0.05, 0.1) is 0 Å². The predicted molar refractivity (Wildman–Crippen MR) is 68.0 cm³/mol. The fourth-order valence-corrected chi connectivity index (χ4v) is 2.18. The van der Waals surface area contributed by atoms with Crippen molar-refractivity contribution in [2.75, 3.05) is 32.7 Å². The number of rotatable bonds is 4. The van der Waals surface area contributed by atoms with Crippen LogP contribution >= 0.6 is 0 Å². The van der Waals surface area contributed by atoms with Crippen molar-refractivity contribution in [2.24, 2.45) is 0 Å². The largest absolute Gasteiger partial charge is 0.504 e. The third kappa shape index (κ3) is 3.42. The summed E-state index contributed by atoms with van der Waals surface area (Å²) in [5.74, 6) is -2.99. The molecule has 0 atom stereocenters. The highest BCUT2D eigenvalue weighted by Gasteiger charge is 2.16. The summed E-state index contributed by atoms with van der Waals surface area (Å²) in [6.07, 6.45) is 0.567. The second-order valence-corrected chi connectivity index (χ2v) is 4.62. The van der Waals surface area contributed by atoms with Crippen LogP contribution in [0, 0.1) is 5.82 Å². The molecular weight excluding hydrogens is 251 g/mol. The van der Waals surface area contributed by atoms with Crippen LogP contribution in [-0.4, -0.2) is 53.8 Å². The monoisotopic (exact) mass is 268 g/mol. The Kier molecular flexibility index (Phi) is 4.34. The van der Waals surface area contributed by atoms with Gasteiger partial charge in [0.25, 0.3) is 0 Å². The molecule has 1 aromatic rings. The standard InChI is InChI=1S/C13H17FN2O3/c14-11-8-9(7-10(12(11)17)13(18)19)1-4-16-5-2-15-3-6-16/h7-8,15,17H,1-6H2,(H,18,19). The van der Waals surface area contributed by atoms with Gasteiger partial charge >= 0.3 is 5.97 Å². The van der Waals surface area contributed by atoms with E-state index < -0.39 is 17.5 Å². The van der Waals surface area contributed by atoms with Crippen molar-refractivity contribution in [1.82, 2.24) is 10.2 Å². The van der Waals surface area contributed by atoms with Gasteiger partial charge in [-0.15, -0.1) is 0 Å². The summed E-state index contributed by atoms with van der Waals surface area (Å²) < 4.78 is 13.4. The maximum absolute atomic E-state index is 13.4. The van der Waals surface area contributed by atoms with Crippen LogP contribution in [0.3, 0.4) is 0 Å². The number of benzene rings is 1. The number of carbonyl (C=O) groups is 1. The van der Waals surface area contributed by atoms with Gasteiger partial charge in [-0.1, -0.05) is 0 Å². The molecule has 1 heterocycles. The van der Waals surface area contributed by atoms with Gasteiger partial charge in [-0.05, 0) is 24.1 Å². The van der Waals surface area contributed by atoms with E-state index in [4.69, 9.17) is 5.11 Å². The van der Waals surface area contributed by atoms with Crippen molar-refractivity contribution in [3.05, 3.63) is 29.1 Å². The van der Waals surface area contributed by atoms with Crippen LogP contribution in [0.25, 0.3) is 0 Å². The zero-order valence-electron chi connectivity index (χ0n) is 10.5. The normalized spacial score (nSPS) is 16.5. The molecule has 1 aliphatic heterocycles. The Morgan fingerprint density at radius 1 is 1.37 bits per heavy atom. The average molecular weight is 268 g/mol. The second kappa shape index (κ2) is 5.99. The minimum Gasteiger partial charge on any atom is -0.504 e. The van der Waals surface area contributed by atoms with E-state index in [1.165, 1.54) is 12.1 Å². The summed E-state index contributed by atoms with van der Waals surface area (Å²) in [7, 11) is 0. The highest BCUT2D eigenvalue weighted by molar-refractivity contribution is 5.91. The van der Waals surface area contributed by atoms with Crippen molar-refractivity contribution >= 4 is 5.97 Å². The highest BCUT2D eigenvalue weighted by Crippen LogP contribution is 2.23. The molecule has 0 bridgehead atoms. The Labute approximate surface area is 110 Å². The van der Waals surface area contributed by atoms with E-state index >= 15 is 0 Å². The zero-order chi connectivity index (χ0) is 13.8.